The molecule has 0 radical (unpaired) electrons. The molecule has 0 N–H and O–H groups in total. The number of aromatic nitrogens is 1. The number of hydrogen-bond donors (Lipinski definition) is 0. The molecule has 4 nitrogen and oxygen atoms in total. The van der Waals surface area contributed by atoms with Crippen LogP contribution < -0.4 is 4.90 Å². The molecule has 1 saturated heterocycles. The third-order valence-corrected chi connectivity index (χ3v) is 7.20. The van der Waals surface area contributed by atoms with E-state index < -0.39 is 9.84 Å². The minimum atomic E-state index is -3.40. The Labute approximate surface area is 168 Å². The fourth-order valence-corrected chi connectivity index (χ4v) is 5.63. The summed E-state index contributed by atoms with van der Waals surface area (Å²) in [5.41, 5.74) is 2.12. The maximum atomic E-state index is 13.4. The van der Waals surface area contributed by atoms with Gasteiger partial charge < -0.3 is 4.90 Å². The van der Waals surface area contributed by atoms with Crippen LogP contribution in [0.2, 0.25) is 0 Å². The topological polar surface area (TPSA) is 50.3 Å². The van der Waals surface area contributed by atoms with Gasteiger partial charge in [-0.1, -0.05) is 29.5 Å². The molecule has 4 rings (SSSR count). The molecule has 7 heteroatoms. The summed E-state index contributed by atoms with van der Waals surface area (Å²) < 4.78 is 38.1. The molecule has 0 bridgehead atoms. The minimum Gasteiger partial charge on any atom is -0.348 e. The van der Waals surface area contributed by atoms with Gasteiger partial charge >= 0.3 is 0 Å². The van der Waals surface area contributed by atoms with E-state index in [9.17, 15) is 12.8 Å². The summed E-state index contributed by atoms with van der Waals surface area (Å²) in [4.78, 5) is 8.20. The van der Waals surface area contributed by atoms with Crippen LogP contribution in [-0.4, -0.2) is 32.7 Å². The number of hydrogen-bond acceptors (Lipinski definition) is 5. The van der Waals surface area contributed by atoms with Crippen LogP contribution in [0.25, 0.3) is 21.7 Å². The second-order valence-electron chi connectivity index (χ2n) is 7.00. The first-order chi connectivity index (χ1) is 13.4. The number of anilines is 1. The van der Waals surface area contributed by atoms with Gasteiger partial charge in [-0.15, -0.1) is 0 Å². The normalized spacial score (nSPS) is 15.0. The van der Waals surface area contributed by atoms with E-state index in [1.165, 1.54) is 36.1 Å². The lowest BCUT2D eigenvalue weighted by Gasteiger charge is -2.25. The zero-order valence-electron chi connectivity index (χ0n) is 15.6. The Bertz CT molecular complexity index is 1090. The van der Waals surface area contributed by atoms with Crippen LogP contribution in [-0.2, 0) is 9.84 Å². The Morgan fingerprint density at radius 2 is 1.68 bits per heavy atom. The number of sulfone groups is 1. The van der Waals surface area contributed by atoms with Gasteiger partial charge in [0.2, 0.25) is 0 Å². The number of nitrogens with zero attached hydrogens (tertiary/aromatic N) is 2. The fraction of sp³-hybridized carbons (Fsp3) is 0.286. The van der Waals surface area contributed by atoms with Crippen molar-refractivity contribution < 1.29 is 12.8 Å². The maximum Gasteiger partial charge on any atom is 0.186 e. The zero-order chi connectivity index (χ0) is 19.7. The molecule has 146 valence electrons. The summed E-state index contributed by atoms with van der Waals surface area (Å²) in [7, 11) is -3.40. The van der Waals surface area contributed by atoms with E-state index >= 15 is 0 Å². The van der Waals surface area contributed by atoms with Crippen molar-refractivity contribution >= 4 is 26.3 Å². The molecule has 2 aromatic carbocycles. The molecule has 28 heavy (non-hydrogen) atoms. The largest absolute Gasteiger partial charge is 0.348 e. The highest BCUT2D eigenvalue weighted by molar-refractivity contribution is 7.90. The van der Waals surface area contributed by atoms with Crippen LogP contribution in [0.1, 0.15) is 19.3 Å². The standard InChI is InChI=1S/C21H21FN2O2S2/c1-28(25,26)18-8-4-3-7-17(18)20-19(15-9-11-16(22)12-10-15)23-21(27-20)24-13-5-2-6-14-24/h3-4,7-12H,2,5-6,13-14H2,1H3. The molecule has 0 amide bonds. The number of rotatable bonds is 4. The molecule has 0 spiro atoms. The first-order valence-corrected chi connectivity index (χ1v) is 12.0. The highest BCUT2D eigenvalue weighted by Crippen LogP contribution is 2.43. The molecule has 0 atom stereocenters. The quantitative estimate of drug-likeness (QED) is 0.600. The first-order valence-electron chi connectivity index (χ1n) is 9.24. The van der Waals surface area contributed by atoms with E-state index in [1.54, 1.807) is 24.3 Å². The van der Waals surface area contributed by atoms with E-state index in [-0.39, 0.29) is 10.7 Å². The van der Waals surface area contributed by atoms with Crippen molar-refractivity contribution in [3.05, 3.63) is 54.3 Å². The predicted molar refractivity (Wildman–Crippen MR) is 112 cm³/mol. The average molecular weight is 417 g/mol. The van der Waals surface area contributed by atoms with E-state index in [0.29, 0.717) is 11.3 Å². The molecule has 1 aliphatic heterocycles. The van der Waals surface area contributed by atoms with Gasteiger partial charge in [-0.3, -0.25) is 0 Å². The molecule has 1 aliphatic rings. The van der Waals surface area contributed by atoms with E-state index in [2.05, 4.69) is 4.90 Å². The van der Waals surface area contributed by atoms with Crippen LogP contribution >= 0.6 is 11.3 Å². The van der Waals surface area contributed by atoms with E-state index in [0.717, 1.165) is 41.5 Å². The smallest absolute Gasteiger partial charge is 0.186 e. The number of piperidine rings is 1. The number of thiazole rings is 1. The highest BCUT2D eigenvalue weighted by Gasteiger charge is 2.23. The molecule has 1 fully saturated rings. The Morgan fingerprint density at radius 3 is 2.36 bits per heavy atom. The van der Waals surface area contributed by atoms with Crippen molar-refractivity contribution in [1.29, 1.82) is 0 Å². The van der Waals surface area contributed by atoms with Crippen molar-refractivity contribution in [3.8, 4) is 21.7 Å². The van der Waals surface area contributed by atoms with Gasteiger partial charge in [0.1, 0.15) is 5.82 Å². The molecule has 0 aliphatic carbocycles. The molecule has 3 aromatic rings. The molecule has 1 aromatic heterocycles. The first kappa shape index (κ1) is 19.1. The number of benzene rings is 2. The fourth-order valence-electron chi connectivity index (χ4n) is 3.49. The van der Waals surface area contributed by atoms with Crippen molar-refractivity contribution in [2.45, 2.75) is 24.2 Å². The Balaban J connectivity index is 1.91. The molecule has 0 unspecified atom stereocenters. The number of halogens is 1. The van der Waals surface area contributed by atoms with E-state index in [4.69, 9.17) is 4.98 Å². The summed E-state index contributed by atoms with van der Waals surface area (Å²) in [6.45, 7) is 1.90. The lowest BCUT2D eigenvalue weighted by Crippen LogP contribution is -2.29. The van der Waals surface area contributed by atoms with Crippen molar-refractivity contribution in [3.63, 3.8) is 0 Å². The molecule has 2 heterocycles. The summed E-state index contributed by atoms with van der Waals surface area (Å²) in [5, 5.41) is 0.886. The summed E-state index contributed by atoms with van der Waals surface area (Å²) >= 11 is 1.51. The van der Waals surface area contributed by atoms with Gasteiger partial charge in [-0.2, -0.15) is 0 Å². The maximum absolute atomic E-state index is 13.4. The Kier molecular flexibility index (Phi) is 5.21. The van der Waals surface area contributed by atoms with Gasteiger partial charge in [-0.05, 0) is 49.6 Å². The molecule has 0 saturated carbocycles. The van der Waals surface area contributed by atoms with Crippen LogP contribution in [0.5, 0.6) is 0 Å². The lowest BCUT2D eigenvalue weighted by molar-refractivity contribution is 0.577. The van der Waals surface area contributed by atoms with Crippen LogP contribution in [0.4, 0.5) is 9.52 Å². The minimum absolute atomic E-state index is 0.284. The van der Waals surface area contributed by atoms with Gasteiger partial charge in [0.15, 0.2) is 15.0 Å². The van der Waals surface area contributed by atoms with Gasteiger partial charge in [-0.25, -0.2) is 17.8 Å². The Hall–Kier alpha value is -2.25. The third-order valence-electron chi connectivity index (χ3n) is 4.89. The summed E-state index contributed by atoms with van der Waals surface area (Å²) in [6.07, 6.45) is 4.69. The second kappa shape index (κ2) is 7.64. The van der Waals surface area contributed by atoms with Gasteiger partial charge in [0.25, 0.3) is 0 Å². The zero-order valence-corrected chi connectivity index (χ0v) is 17.2. The molecular weight excluding hydrogens is 395 g/mol. The van der Waals surface area contributed by atoms with Crippen molar-refractivity contribution in [2.24, 2.45) is 0 Å². The van der Waals surface area contributed by atoms with E-state index in [1.807, 2.05) is 12.1 Å². The van der Waals surface area contributed by atoms with Gasteiger partial charge in [0, 0.05) is 30.5 Å². The second-order valence-corrected chi connectivity index (χ2v) is 9.96. The SMILES string of the molecule is CS(=O)(=O)c1ccccc1-c1sc(N2CCCCC2)nc1-c1ccc(F)cc1. The van der Waals surface area contributed by atoms with Crippen molar-refractivity contribution in [2.75, 3.05) is 24.2 Å². The molecular formula is C21H21FN2O2S2. The van der Waals surface area contributed by atoms with Gasteiger partial charge in [0.05, 0.1) is 15.5 Å². The lowest BCUT2D eigenvalue weighted by atomic mass is 10.1. The van der Waals surface area contributed by atoms with Crippen LogP contribution in [0.3, 0.4) is 0 Å². The monoisotopic (exact) mass is 416 g/mol. The van der Waals surface area contributed by atoms with Crippen molar-refractivity contribution in [1.82, 2.24) is 4.98 Å². The Morgan fingerprint density at radius 1 is 1.00 bits per heavy atom. The summed E-state index contributed by atoms with van der Waals surface area (Å²) in [6, 6.07) is 13.2. The van der Waals surface area contributed by atoms with Crippen LogP contribution in [0, 0.1) is 5.82 Å². The van der Waals surface area contributed by atoms with Crippen LogP contribution in [0.15, 0.2) is 53.4 Å². The summed E-state index contributed by atoms with van der Waals surface area (Å²) in [5.74, 6) is -0.312. The highest BCUT2D eigenvalue weighted by atomic mass is 32.2. The average Bonchev–Trinajstić information content (AvgIpc) is 3.14. The predicted octanol–water partition coefficient (Wildman–Crippen LogP) is 5.01. The third kappa shape index (κ3) is 3.82.